The lowest BCUT2D eigenvalue weighted by molar-refractivity contribution is 0.0602. The number of aromatic nitrogens is 3. The molecular formula is C32H29N5O3. The van der Waals surface area contributed by atoms with Gasteiger partial charge in [0, 0.05) is 11.8 Å². The molecule has 6 rings (SSSR count). The molecule has 2 aromatic heterocycles. The Hall–Kier alpha value is -5.11. The zero-order valence-corrected chi connectivity index (χ0v) is 22.5. The van der Waals surface area contributed by atoms with Crippen molar-refractivity contribution in [3.8, 4) is 11.5 Å². The predicted octanol–water partition coefficient (Wildman–Crippen LogP) is 6.20. The van der Waals surface area contributed by atoms with Crippen molar-refractivity contribution in [1.29, 1.82) is 0 Å². The monoisotopic (exact) mass is 531 g/mol. The van der Waals surface area contributed by atoms with Crippen LogP contribution in [-0.4, -0.2) is 38.4 Å². The molecule has 0 fully saturated rings. The predicted molar refractivity (Wildman–Crippen MR) is 153 cm³/mol. The summed E-state index contributed by atoms with van der Waals surface area (Å²) >= 11 is 0. The highest BCUT2D eigenvalue weighted by atomic mass is 16.5. The molecule has 0 bridgehead atoms. The van der Waals surface area contributed by atoms with E-state index in [0.717, 1.165) is 39.6 Å². The highest BCUT2D eigenvalue weighted by molar-refractivity contribution is 6.01. The summed E-state index contributed by atoms with van der Waals surface area (Å²) in [6.45, 7) is 4.32. The van der Waals surface area contributed by atoms with E-state index in [0.29, 0.717) is 12.2 Å². The Morgan fingerprint density at radius 2 is 1.62 bits per heavy atom. The van der Waals surface area contributed by atoms with Crippen LogP contribution in [0.4, 0.5) is 10.5 Å². The van der Waals surface area contributed by atoms with Crippen molar-refractivity contribution in [2.45, 2.75) is 26.4 Å². The Morgan fingerprint density at radius 3 is 2.38 bits per heavy atom. The molecule has 0 unspecified atom stereocenters. The number of amides is 2. The fourth-order valence-corrected chi connectivity index (χ4v) is 5.32. The maximum Gasteiger partial charge on any atom is 0.339 e. The van der Waals surface area contributed by atoms with Crippen LogP contribution in [-0.2, 0) is 11.3 Å². The molecule has 8 nitrogen and oxygen atoms in total. The second kappa shape index (κ2) is 10.2. The van der Waals surface area contributed by atoms with Gasteiger partial charge in [-0.2, -0.15) is 5.10 Å². The number of nitrogens with zero attached hydrogens (tertiary/aromatic N) is 4. The largest absolute Gasteiger partial charge is 0.465 e. The summed E-state index contributed by atoms with van der Waals surface area (Å²) in [4.78, 5) is 28.4. The Bertz CT molecular complexity index is 1700. The van der Waals surface area contributed by atoms with Gasteiger partial charge in [0.15, 0.2) is 0 Å². The standard InChI is InChI=1S/C32H29N5O3/c1-21-15-17-23(18-16-21)29-28-14-9-19-35(28)30-26(22(2)34-37(30)24-10-5-4-6-11-24)20-36(29)32(39)33-27-13-8-7-12-25(27)31(38)40-3/h4-19,29H,20H2,1-3H3,(H,33,39)/t29-/m0/s1. The van der Waals surface area contributed by atoms with Crippen molar-refractivity contribution in [3.05, 3.63) is 131 Å². The molecule has 200 valence electrons. The van der Waals surface area contributed by atoms with Gasteiger partial charge in [-0.1, -0.05) is 60.2 Å². The first kappa shape index (κ1) is 25.2. The Balaban J connectivity index is 1.52. The molecule has 40 heavy (non-hydrogen) atoms. The maximum absolute atomic E-state index is 14.2. The molecule has 1 N–H and O–H groups in total. The van der Waals surface area contributed by atoms with E-state index < -0.39 is 12.0 Å². The molecule has 3 aromatic carbocycles. The van der Waals surface area contributed by atoms with E-state index in [1.54, 1.807) is 29.2 Å². The third-order valence-electron chi connectivity index (χ3n) is 7.31. The van der Waals surface area contributed by atoms with Gasteiger partial charge < -0.3 is 19.5 Å². The molecule has 0 aliphatic carbocycles. The number of aryl methyl sites for hydroxylation is 2. The van der Waals surface area contributed by atoms with E-state index in [2.05, 4.69) is 34.1 Å². The van der Waals surface area contributed by atoms with E-state index in [4.69, 9.17) is 9.84 Å². The average Bonchev–Trinajstić information content (AvgIpc) is 3.54. The van der Waals surface area contributed by atoms with Gasteiger partial charge in [-0.05, 0) is 55.8 Å². The van der Waals surface area contributed by atoms with E-state index in [1.165, 1.54) is 7.11 Å². The number of nitrogens with one attached hydrogen (secondary N) is 1. The Morgan fingerprint density at radius 1 is 0.900 bits per heavy atom. The molecule has 0 spiro atoms. The van der Waals surface area contributed by atoms with E-state index in [1.807, 2.05) is 67.2 Å². The van der Waals surface area contributed by atoms with Gasteiger partial charge in [-0.15, -0.1) is 0 Å². The minimum atomic E-state index is -0.516. The maximum atomic E-state index is 14.2. The smallest absolute Gasteiger partial charge is 0.339 e. The van der Waals surface area contributed by atoms with Gasteiger partial charge in [0.1, 0.15) is 5.82 Å². The van der Waals surface area contributed by atoms with Crippen LogP contribution in [0.2, 0.25) is 0 Å². The number of esters is 1. The quantitative estimate of drug-likeness (QED) is 0.280. The summed E-state index contributed by atoms with van der Waals surface area (Å²) in [7, 11) is 1.33. The van der Waals surface area contributed by atoms with Gasteiger partial charge in [0.2, 0.25) is 0 Å². The fraction of sp³-hybridized carbons (Fsp3) is 0.156. The summed E-state index contributed by atoms with van der Waals surface area (Å²) in [6, 6.07) is 28.4. The number of hydrogen-bond acceptors (Lipinski definition) is 4. The van der Waals surface area contributed by atoms with Crippen molar-refractivity contribution in [2.75, 3.05) is 12.4 Å². The zero-order chi connectivity index (χ0) is 27.8. The number of benzene rings is 3. The summed E-state index contributed by atoms with van der Waals surface area (Å²) < 4.78 is 9.02. The second-order valence-corrected chi connectivity index (χ2v) is 9.85. The number of urea groups is 1. The number of methoxy groups -OCH3 is 1. The molecule has 2 amide bonds. The third kappa shape index (κ3) is 4.33. The normalized spacial score (nSPS) is 14.2. The lowest BCUT2D eigenvalue weighted by atomic mass is 10.0. The minimum Gasteiger partial charge on any atom is -0.465 e. The number of fused-ring (bicyclic) bond motifs is 3. The summed E-state index contributed by atoms with van der Waals surface area (Å²) in [5.41, 5.74) is 6.41. The molecule has 3 heterocycles. The summed E-state index contributed by atoms with van der Waals surface area (Å²) in [5.74, 6) is 0.379. The van der Waals surface area contributed by atoms with Gasteiger partial charge in [-0.3, -0.25) is 0 Å². The van der Waals surface area contributed by atoms with Crippen LogP contribution in [0.1, 0.15) is 44.5 Å². The molecule has 1 atom stereocenters. The third-order valence-corrected chi connectivity index (χ3v) is 7.31. The van der Waals surface area contributed by atoms with Crippen LogP contribution in [0.3, 0.4) is 0 Å². The number of carbonyl (C=O) groups excluding carboxylic acids is 2. The summed E-state index contributed by atoms with van der Waals surface area (Å²) in [5, 5.41) is 7.89. The topological polar surface area (TPSA) is 81.4 Å². The number of carbonyl (C=O) groups is 2. The highest BCUT2D eigenvalue weighted by Crippen LogP contribution is 2.39. The number of anilines is 1. The minimum absolute atomic E-state index is 0.289. The van der Waals surface area contributed by atoms with Crippen LogP contribution >= 0.6 is 0 Å². The van der Waals surface area contributed by atoms with Crippen molar-refractivity contribution >= 4 is 17.7 Å². The van der Waals surface area contributed by atoms with E-state index in [-0.39, 0.29) is 11.6 Å². The van der Waals surface area contributed by atoms with Gasteiger partial charge >= 0.3 is 12.0 Å². The van der Waals surface area contributed by atoms with E-state index in [9.17, 15) is 9.59 Å². The lowest BCUT2D eigenvalue weighted by Gasteiger charge is -2.31. The average molecular weight is 532 g/mol. The van der Waals surface area contributed by atoms with Gasteiger partial charge in [-0.25, -0.2) is 14.3 Å². The lowest BCUT2D eigenvalue weighted by Crippen LogP contribution is -2.38. The number of para-hydroxylation sites is 2. The van der Waals surface area contributed by atoms with Crippen molar-refractivity contribution < 1.29 is 14.3 Å². The number of ether oxygens (including phenoxy) is 1. The first-order valence-electron chi connectivity index (χ1n) is 13.1. The van der Waals surface area contributed by atoms with Crippen LogP contribution in [0.5, 0.6) is 0 Å². The molecule has 1 aliphatic heterocycles. The van der Waals surface area contributed by atoms with Crippen molar-refractivity contribution in [3.63, 3.8) is 0 Å². The van der Waals surface area contributed by atoms with Crippen molar-refractivity contribution in [2.24, 2.45) is 0 Å². The molecule has 0 saturated carbocycles. The molecule has 1 aliphatic rings. The first-order valence-corrected chi connectivity index (χ1v) is 13.1. The van der Waals surface area contributed by atoms with E-state index >= 15 is 0 Å². The van der Waals surface area contributed by atoms with Crippen LogP contribution in [0.15, 0.2) is 97.2 Å². The first-order chi connectivity index (χ1) is 19.5. The van der Waals surface area contributed by atoms with Crippen LogP contribution in [0, 0.1) is 13.8 Å². The molecule has 0 radical (unpaired) electrons. The highest BCUT2D eigenvalue weighted by Gasteiger charge is 2.36. The SMILES string of the molecule is COC(=O)c1ccccc1NC(=O)N1Cc2c(C)nn(-c3ccccc3)c2-n2cccc2[C@@H]1c1ccc(C)cc1. The van der Waals surface area contributed by atoms with Crippen molar-refractivity contribution in [1.82, 2.24) is 19.2 Å². The van der Waals surface area contributed by atoms with Gasteiger partial charge in [0.05, 0.1) is 48.0 Å². The van der Waals surface area contributed by atoms with Gasteiger partial charge in [0.25, 0.3) is 0 Å². The molecular weight excluding hydrogens is 502 g/mol. The summed E-state index contributed by atoms with van der Waals surface area (Å²) in [6.07, 6.45) is 2.02. The fourth-order valence-electron chi connectivity index (χ4n) is 5.32. The zero-order valence-electron chi connectivity index (χ0n) is 22.5. The molecule has 0 saturated heterocycles. The second-order valence-electron chi connectivity index (χ2n) is 9.85. The molecule has 5 aromatic rings. The number of hydrogen-bond donors (Lipinski definition) is 1. The Kier molecular flexibility index (Phi) is 6.43. The van der Waals surface area contributed by atoms with Crippen LogP contribution < -0.4 is 5.32 Å². The number of rotatable bonds is 4. The Labute approximate surface area is 232 Å². The van der Waals surface area contributed by atoms with Crippen LogP contribution in [0.25, 0.3) is 11.5 Å². The molecule has 8 heteroatoms.